The van der Waals surface area contributed by atoms with E-state index in [0.717, 1.165) is 35.4 Å². The van der Waals surface area contributed by atoms with Crippen LogP contribution in [0.3, 0.4) is 0 Å². The van der Waals surface area contributed by atoms with E-state index >= 15 is 0 Å². The van der Waals surface area contributed by atoms with Gasteiger partial charge in [-0.2, -0.15) is 0 Å². The maximum atomic E-state index is 12.5. The summed E-state index contributed by atoms with van der Waals surface area (Å²) in [7, 11) is 0. The number of carbonyl (C=O) groups excluding carboxylic acids is 2. The van der Waals surface area contributed by atoms with Gasteiger partial charge in [-0.1, -0.05) is 0 Å². The van der Waals surface area contributed by atoms with Crippen LogP contribution in [0.25, 0.3) is 5.52 Å². The highest BCUT2D eigenvalue weighted by molar-refractivity contribution is 6.44. The second-order valence-corrected chi connectivity index (χ2v) is 9.35. The quantitative estimate of drug-likeness (QED) is 0.642. The van der Waals surface area contributed by atoms with Crippen LogP contribution in [0.2, 0.25) is 0 Å². The highest BCUT2D eigenvalue weighted by Gasteiger charge is 2.51. The number of Topliss-reactive ketones (excluding diaryl/α,β-unsaturated/α-hetero) is 1. The van der Waals surface area contributed by atoms with Crippen molar-refractivity contribution >= 4 is 17.2 Å². The molecule has 5 heteroatoms. The Morgan fingerprint density at radius 1 is 1.19 bits per heavy atom. The monoisotopic (exact) mass is 366 g/mol. The molecule has 27 heavy (non-hydrogen) atoms. The first-order chi connectivity index (χ1) is 12.9. The lowest BCUT2D eigenvalue weighted by atomic mass is 9.48. The fourth-order valence-corrected chi connectivity index (χ4v) is 6.95. The van der Waals surface area contributed by atoms with Gasteiger partial charge in [-0.3, -0.25) is 9.59 Å². The molecule has 3 N–H and O–H groups in total. The Morgan fingerprint density at radius 2 is 1.78 bits per heavy atom. The molecule has 0 aromatic carbocycles. The molecule has 4 aliphatic carbocycles. The second kappa shape index (κ2) is 5.60. The van der Waals surface area contributed by atoms with Crippen molar-refractivity contribution in [3.05, 3.63) is 35.2 Å². The molecule has 0 unspecified atom stereocenters. The van der Waals surface area contributed by atoms with Crippen molar-refractivity contribution < 1.29 is 14.7 Å². The number of fused-ring (bicyclic) bond motifs is 1. The Hall–Kier alpha value is -2.30. The van der Waals surface area contributed by atoms with E-state index in [-0.39, 0.29) is 11.3 Å². The zero-order chi connectivity index (χ0) is 18.9. The molecule has 4 saturated carbocycles. The maximum absolute atomic E-state index is 12.5. The van der Waals surface area contributed by atoms with Crippen LogP contribution >= 0.6 is 0 Å². The van der Waals surface area contributed by atoms with Gasteiger partial charge < -0.3 is 15.2 Å². The van der Waals surface area contributed by atoms with Gasteiger partial charge in [0.15, 0.2) is 0 Å². The molecular weight excluding hydrogens is 340 g/mol. The Bertz CT molecular complexity index is 936. The highest BCUT2D eigenvalue weighted by atomic mass is 16.3. The summed E-state index contributed by atoms with van der Waals surface area (Å²) >= 11 is 0. The zero-order valence-electron chi connectivity index (χ0n) is 15.7. The molecule has 4 aliphatic rings. The minimum atomic E-state index is -0.977. The van der Waals surface area contributed by atoms with Gasteiger partial charge in [0.2, 0.25) is 0 Å². The van der Waals surface area contributed by atoms with Crippen LogP contribution in [-0.2, 0) is 11.2 Å². The summed E-state index contributed by atoms with van der Waals surface area (Å²) in [5.41, 5.74) is 8.11. The van der Waals surface area contributed by atoms with Crippen molar-refractivity contribution in [2.45, 2.75) is 51.9 Å². The van der Waals surface area contributed by atoms with Crippen LogP contribution in [0.15, 0.2) is 18.3 Å². The van der Waals surface area contributed by atoms with Crippen LogP contribution in [-0.4, -0.2) is 21.2 Å². The van der Waals surface area contributed by atoms with E-state index in [1.165, 1.54) is 38.5 Å². The van der Waals surface area contributed by atoms with Crippen LogP contribution in [0.1, 0.15) is 60.1 Å². The summed E-state index contributed by atoms with van der Waals surface area (Å²) in [6.07, 6.45) is 10.8. The maximum Gasteiger partial charge on any atom is 0.289 e. The summed E-state index contributed by atoms with van der Waals surface area (Å²) in [5.74, 6) is 0.870. The third-order valence-electron chi connectivity index (χ3n) is 7.47. The molecule has 4 bridgehead atoms. The fourth-order valence-electron chi connectivity index (χ4n) is 6.95. The topological polar surface area (TPSA) is 84.8 Å². The number of hydrogen-bond acceptors (Lipinski definition) is 3. The summed E-state index contributed by atoms with van der Waals surface area (Å²) in [5, 5.41) is 10.4. The Labute approximate surface area is 158 Å². The predicted octanol–water partition coefficient (Wildman–Crippen LogP) is 3.38. The number of carbonyl (C=O) groups is 2. The first-order valence-corrected chi connectivity index (χ1v) is 10.0. The smallest absolute Gasteiger partial charge is 0.289 e. The molecule has 1 amide bonds. The number of ketones is 1. The Morgan fingerprint density at radius 3 is 2.33 bits per heavy atom. The third-order valence-corrected chi connectivity index (χ3v) is 7.47. The molecule has 4 fully saturated rings. The largest absolute Gasteiger partial charge is 0.506 e. The molecular formula is C22H26N2O3. The first-order valence-electron chi connectivity index (χ1n) is 10.0. The predicted molar refractivity (Wildman–Crippen MR) is 102 cm³/mol. The molecule has 0 spiro atoms. The lowest BCUT2D eigenvalue weighted by Crippen LogP contribution is -2.47. The normalized spacial score (nSPS) is 31.5. The van der Waals surface area contributed by atoms with Gasteiger partial charge in [-0.05, 0) is 92.7 Å². The van der Waals surface area contributed by atoms with E-state index in [9.17, 15) is 14.7 Å². The number of nitrogens with two attached hydrogens (primary N) is 1. The average molecular weight is 366 g/mol. The summed E-state index contributed by atoms with van der Waals surface area (Å²) in [4.78, 5) is 24.1. The molecule has 0 atom stereocenters. The van der Waals surface area contributed by atoms with Gasteiger partial charge in [0.1, 0.15) is 5.75 Å². The lowest BCUT2D eigenvalue weighted by molar-refractivity contribution is -0.114. The van der Waals surface area contributed by atoms with Crippen LogP contribution < -0.4 is 5.73 Å². The Kier molecular flexibility index (Phi) is 3.49. The van der Waals surface area contributed by atoms with Crippen molar-refractivity contribution in [3.8, 4) is 5.75 Å². The van der Waals surface area contributed by atoms with E-state index in [2.05, 4.69) is 0 Å². The molecule has 0 radical (unpaired) electrons. The molecule has 6 rings (SSSR count). The number of nitrogens with zero attached hydrogens (tertiary/aromatic N) is 1. The fraction of sp³-hybridized carbons (Fsp3) is 0.545. The number of aromatic nitrogens is 1. The van der Waals surface area contributed by atoms with Gasteiger partial charge in [0.05, 0.1) is 11.1 Å². The lowest BCUT2D eigenvalue weighted by Gasteiger charge is -2.57. The minimum Gasteiger partial charge on any atom is -0.506 e. The molecule has 2 aromatic rings. The molecule has 5 nitrogen and oxygen atoms in total. The SMILES string of the molecule is Cc1c(C(=O)C(N)=O)c2c(O)cccn2c1CC12CC3CC(CC(C3)C1)C2. The first kappa shape index (κ1) is 16.8. The minimum absolute atomic E-state index is 0.0157. The molecule has 2 aromatic heterocycles. The number of pyridine rings is 1. The van der Waals surface area contributed by atoms with Crippen LogP contribution in [0.4, 0.5) is 0 Å². The van der Waals surface area contributed by atoms with Crippen molar-refractivity contribution in [2.75, 3.05) is 0 Å². The number of hydrogen-bond donors (Lipinski definition) is 2. The van der Waals surface area contributed by atoms with Gasteiger partial charge in [0, 0.05) is 11.9 Å². The van der Waals surface area contributed by atoms with E-state index in [0.29, 0.717) is 10.9 Å². The number of rotatable bonds is 4. The van der Waals surface area contributed by atoms with Gasteiger partial charge >= 0.3 is 0 Å². The van der Waals surface area contributed by atoms with Crippen LogP contribution in [0.5, 0.6) is 5.75 Å². The van der Waals surface area contributed by atoms with E-state index < -0.39 is 11.7 Å². The summed E-state index contributed by atoms with van der Waals surface area (Å²) in [6, 6.07) is 3.34. The molecule has 142 valence electrons. The number of primary amides is 1. The third kappa shape index (κ3) is 2.43. The van der Waals surface area contributed by atoms with Crippen molar-refractivity contribution in [1.82, 2.24) is 4.40 Å². The number of aromatic hydroxyl groups is 1. The van der Waals surface area contributed by atoms with Crippen molar-refractivity contribution in [1.29, 1.82) is 0 Å². The Balaban J connectivity index is 1.64. The van der Waals surface area contributed by atoms with E-state index in [1.54, 1.807) is 12.1 Å². The summed E-state index contributed by atoms with van der Waals surface area (Å²) < 4.78 is 1.92. The van der Waals surface area contributed by atoms with Crippen molar-refractivity contribution in [2.24, 2.45) is 28.9 Å². The van der Waals surface area contributed by atoms with Crippen LogP contribution in [0, 0.1) is 30.1 Å². The number of amides is 1. The van der Waals surface area contributed by atoms with Gasteiger partial charge in [-0.15, -0.1) is 0 Å². The van der Waals surface area contributed by atoms with E-state index in [4.69, 9.17) is 5.73 Å². The van der Waals surface area contributed by atoms with Crippen molar-refractivity contribution in [3.63, 3.8) is 0 Å². The molecule has 0 aliphatic heterocycles. The molecule has 2 heterocycles. The summed E-state index contributed by atoms with van der Waals surface area (Å²) in [6.45, 7) is 1.89. The van der Waals surface area contributed by atoms with E-state index in [1.807, 2.05) is 17.5 Å². The standard InChI is InChI=1S/C22H26N2O3/c1-12-16(11-22-8-13-5-14(9-22)7-15(6-13)10-22)24-4-2-3-17(25)19(24)18(12)20(26)21(23)27/h2-4,13-15,25H,5-11H2,1H3,(H2,23,27). The average Bonchev–Trinajstić information content (AvgIpc) is 2.86. The molecule has 0 saturated heterocycles. The highest BCUT2D eigenvalue weighted by Crippen LogP contribution is 2.61. The van der Waals surface area contributed by atoms with Gasteiger partial charge in [-0.25, -0.2) is 0 Å². The zero-order valence-corrected chi connectivity index (χ0v) is 15.7. The second-order valence-electron chi connectivity index (χ2n) is 9.35. The van der Waals surface area contributed by atoms with Gasteiger partial charge in [0.25, 0.3) is 11.7 Å².